The maximum Gasteiger partial charge on any atom is 0.187 e. The first kappa shape index (κ1) is 28.1. The van der Waals surface area contributed by atoms with E-state index in [4.69, 9.17) is 20.3 Å². The summed E-state index contributed by atoms with van der Waals surface area (Å²) in [5, 5.41) is 13.3. The van der Waals surface area contributed by atoms with E-state index in [0.29, 0.717) is 49.4 Å². The first-order chi connectivity index (χ1) is 34.4. The van der Waals surface area contributed by atoms with Crippen LogP contribution in [0.25, 0.3) is 59.4 Å². The van der Waals surface area contributed by atoms with Crippen molar-refractivity contribution in [3.63, 3.8) is 0 Å². The molecule has 10 rings (SSSR count). The third kappa shape index (κ3) is 6.39. The highest BCUT2D eigenvalue weighted by Crippen LogP contribution is 2.49. The average Bonchev–Trinajstić information content (AvgIpc) is 3.39. The summed E-state index contributed by atoms with van der Waals surface area (Å²) in [7, 11) is 0. The minimum absolute atomic E-state index is 0.261. The number of benzene rings is 10. The van der Waals surface area contributed by atoms with E-state index >= 15 is 17.6 Å². The number of hydrogen-bond acceptors (Lipinski definition) is 3. The molecule has 0 N–H and O–H groups in total. The summed E-state index contributed by atoms with van der Waals surface area (Å²) in [5.41, 5.74) is -1.08. The van der Waals surface area contributed by atoms with Crippen LogP contribution in [0.3, 0.4) is 0 Å². The molecule has 0 fully saturated rings. The number of nitrogens with zero attached hydrogens (tertiary/aromatic N) is 4. The Morgan fingerprint density at radius 2 is 0.903 bits per heavy atom. The van der Waals surface area contributed by atoms with Gasteiger partial charge in [-0.25, -0.2) is 22.4 Å². The second-order valence-corrected chi connectivity index (χ2v) is 14.1. The highest BCUT2D eigenvalue weighted by atomic mass is 19.1. The van der Waals surface area contributed by atoms with E-state index in [9.17, 15) is 5.26 Å². The predicted octanol–water partition coefficient (Wildman–Crippen LogP) is 15.8. The molecule has 0 aliphatic rings. The number of hydrogen-bond donors (Lipinski definition) is 0. The summed E-state index contributed by atoms with van der Waals surface area (Å²) in [5.74, 6) is -4.24. The Morgan fingerprint density at radius 3 is 1.32 bits per heavy atom. The molecule has 62 heavy (non-hydrogen) atoms. The van der Waals surface area contributed by atoms with Crippen LogP contribution >= 0.6 is 0 Å². The minimum Gasteiger partial charge on any atom is -0.307 e. The van der Waals surface area contributed by atoms with Gasteiger partial charge in [0.2, 0.25) is 0 Å². The molecule has 8 heteroatoms. The van der Waals surface area contributed by atoms with Crippen molar-refractivity contribution >= 4 is 72.1 Å². The summed E-state index contributed by atoms with van der Waals surface area (Å²) in [6.45, 7) is 7.55. The Hall–Kier alpha value is -8.46. The van der Waals surface area contributed by atoms with Crippen molar-refractivity contribution in [2.75, 3.05) is 9.80 Å². The van der Waals surface area contributed by atoms with Crippen molar-refractivity contribution in [3.05, 3.63) is 222 Å². The molecule has 0 saturated heterocycles. The maximum atomic E-state index is 17.0. The minimum atomic E-state index is -1.10. The third-order valence-corrected chi connectivity index (χ3v) is 10.7. The van der Waals surface area contributed by atoms with Crippen LogP contribution in [0.4, 0.5) is 57.4 Å². The number of anilines is 6. The van der Waals surface area contributed by atoms with Crippen LogP contribution in [-0.4, -0.2) is 0 Å². The first-order valence-electron chi connectivity index (χ1n) is 23.9. The third-order valence-electron chi connectivity index (χ3n) is 10.7. The summed E-state index contributed by atoms with van der Waals surface area (Å²) in [6, 6.07) is 24.5. The second-order valence-electron chi connectivity index (χ2n) is 14.1. The Morgan fingerprint density at radius 1 is 0.484 bits per heavy atom. The number of halogens is 4. The van der Waals surface area contributed by atoms with Crippen LogP contribution in [0, 0.1) is 41.2 Å². The first-order valence-corrected chi connectivity index (χ1v) is 18.9. The van der Waals surface area contributed by atoms with Gasteiger partial charge >= 0.3 is 0 Å². The van der Waals surface area contributed by atoms with Crippen LogP contribution < -0.4 is 9.80 Å². The van der Waals surface area contributed by atoms with Crippen molar-refractivity contribution in [3.8, 4) is 28.3 Å². The van der Waals surface area contributed by atoms with Gasteiger partial charge in [0.05, 0.1) is 54.7 Å². The van der Waals surface area contributed by atoms with Gasteiger partial charge < -0.3 is 9.80 Å². The van der Waals surface area contributed by atoms with Crippen LogP contribution in [0.15, 0.2) is 182 Å². The highest BCUT2D eigenvalue weighted by molar-refractivity contribution is 6.28. The smallest absolute Gasteiger partial charge is 0.187 e. The van der Waals surface area contributed by atoms with Crippen LogP contribution in [-0.2, 0) is 0 Å². The average molecular weight is 821 g/mol. The van der Waals surface area contributed by atoms with Gasteiger partial charge in [-0.1, -0.05) is 109 Å². The molecule has 0 bridgehead atoms. The summed E-state index contributed by atoms with van der Waals surface area (Å²) < 4.78 is 150. The second kappa shape index (κ2) is 15.3. The zero-order valence-electron chi connectivity index (χ0n) is 41.8. The molecule has 0 aliphatic carbocycles. The normalized spacial score (nSPS) is 13.5. The van der Waals surface area contributed by atoms with E-state index < -0.39 is 106 Å². The van der Waals surface area contributed by atoms with Gasteiger partial charge in [0, 0.05) is 45.4 Å². The molecule has 0 aliphatic heterocycles. The molecule has 0 aromatic heterocycles. The van der Waals surface area contributed by atoms with Gasteiger partial charge in [-0.05, 0) is 93.3 Å². The van der Waals surface area contributed by atoms with Crippen molar-refractivity contribution < 1.29 is 31.3 Å². The lowest BCUT2D eigenvalue weighted by molar-refractivity contribution is 0.604. The molecule has 0 heterocycles. The molecular formula is C54H30F4N4. The fourth-order valence-corrected chi connectivity index (χ4v) is 7.91. The number of rotatable bonds is 8. The molecule has 10 aromatic rings. The van der Waals surface area contributed by atoms with Gasteiger partial charge in [-0.3, -0.25) is 0 Å². The molecule has 0 atom stereocenters. The summed E-state index contributed by atoms with van der Waals surface area (Å²) in [6.07, 6.45) is 0. The van der Waals surface area contributed by atoms with Gasteiger partial charge in [-0.2, -0.15) is 5.26 Å². The lowest BCUT2D eigenvalue weighted by Crippen LogP contribution is -2.14. The maximum absolute atomic E-state index is 17.0. The molecule has 4 nitrogen and oxygen atoms in total. The molecule has 0 radical (unpaired) electrons. The fourth-order valence-electron chi connectivity index (χ4n) is 7.91. The van der Waals surface area contributed by atoms with Crippen LogP contribution in [0.5, 0.6) is 0 Å². The SMILES string of the molecule is [2H]c1c([2H])c([2H])c(-c2cc(F)c(N(c3ccc(C#N)cc3)c3ccc4ccc5c(N(c6ccc([N+]#[C-])cc6)c6cc(F)c(-c7c([2H])c([2H])c([2H])c([2H])c7[2H])cc6F)ccc6ccc3c4c65)cc2F)c([2H])c1[2H]. The lowest BCUT2D eigenvalue weighted by atomic mass is 9.91. The molecule has 0 spiro atoms. The summed E-state index contributed by atoms with van der Waals surface area (Å²) in [4.78, 5) is 6.34. The topological polar surface area (TPSA) is 34.6 Å². The van der Waals surface area contributed by atoms with Crippen LogP contribution in [0.2, 0.25) is 0 Å². The Balaban J connectivity index is 1.20. The standard InChI is InChI=1S/C54H30F4N4/c1-60-38-18-22-40(23-19-38)62(52-31-46(56)44(29-48(52)58)35-10-6-3-7-11-35)50-27-17-37-14-24-41-49(26-16-36-15-25-42(50)54(37)53(36)41)61(39-20-12-33(32-59)13-21-39)51-30-45(55)43(28-47(51)57)34-8-4-2-5-9-34/h2-31H/i2D,3D,4D,5D,6D,7D,8D,9D,10D,11D. The molecule has 294 valence electrons. The van der Waals surface area contributed by atoms with Crippen molar-refractivity contribution in [2.24, 2.45) is 0 Å². The van der Waals surface area contributed by atoms with E-state index in [1.54, 1.807) is 72.8 Å². The van der Waals surface area contributed by atoms with Gasteiger partial charge in [0.1, 0.15) is 23.3 Å². The Kier molecular flexibility index (Phi) is 6.93. The largest absolute Gasteiger partial charge is 0.307 e. The van der Waals surface area contributed by atoms with Gasteiger partial charge in [0.15, 0.2) is 5.69 Å². The molecule has 0 unspecified atom stereocenters. The molecule has 10 aromatic carbocycles. The van der Waals surface area contributed by atoms with E-state index in [-0.39, 0.29) is 28.3 Å². The fraction of sp³-hybridized carbons (Fsp3) is 0. The lowest BCUT2D eigenvalue weighted by Gasteiger charge is -2.30. The van der Waals surface area contributed by atoms with Gasteiger partial charge in [0.25, 0.3) is 0 Å². The molecular weight excluding hydrogens is 781 g/mol. The van der Waals surface area contributed by atoms with Crippen molar-refractivity contribution in [2.45, 2.75) is 0 Å². The Bertz CT molecular complexity index is 3710. The quantitative estimate of drug-likeness (QED) is 0.0870. The van der Waals surface area contributed by atoms with Crippen molar-refractivity contribution in [1.82, 2.24) is 0 Å². The Labute approximate surface area is 368 Å². The number of nitriles is 1. The predicted molar refractivity (Wildman–Crippen MR) is 241 cm³/mol. The molecule has 0 saturated carbocycles. The van der Waals surface area contributed by atoms with Gasteiger partial charge in [-0.15, -0.1) is 0 Å². The van der Waals surface area contributed by atoms with E-state index in [2.05, 4.69) is 4.85 Å². The van der Waals surface area contributed by atoms with E-state index in [0.717, 1.165) is 24.3 Å². The van der Waals surface area contributed by atoms with Crippen molar-refractivity contribution in [1.29, 1.82) is 5.26 Å². The molecule has 0 amide bonds. The summed E-state index contributed by atoms with van der Waals surface area (Å²) >= 11 is 0. The monoisotopic (exact) mass is 820 g/mol. The zero-order valence-corrected chi connectivity index (χ0v) is 31.8. The zero-order chi connectivity index (χ0) is 51.2. The van der Waals surface area contributed by atoms with E-state index in [1.807, 2.05) is 6.07 Å². The van der Waals surface area contributed by atoms with E-state index in [1.165, 1.54) is 34.1 Å². The van der Waals surface area contributed by atoms with Crippen LogP contribution in [0.1, 0.15) is 19.3 Å². The highest BCUT2D eigenvalue weighted by Gasteiger charge is 2.26.